The minimum absolute atomic E-state index is 0.185. The summed E-state index contributed by atoms with van der Waals surface area (Å²) >= 11 is 0. The quantitative estimate of drug-likeness (QED) is 0.641. The summed E-state index contributed by atoms with van der Waals surface area (Å²) in [6.07, 6.45) is -4.42. The third-order valence-corrected chi connectivity index (χ3v) is 2.20. The fraction of sp³-hybridized carbons (Fsp3) is 0.455. The third kappa shape index (κ3) is 4.74. The van der Waals surface area contributed by atoms with Gasteiger partial charge < -0.3 is 10.1 Å². The van der Waals surface area contributed by atoms with Crippen molar-refractivity contribution in [3.05, 3.63) is 33.9 Å². The maximum absolute atomic E-state index is 12.0. The lowest BCUT2D eigenvalue weighted by atomic mass is 10.1. The molecule has 0 aliphatic heterocycles. The molecule has 0 heterocycles. The van der Waals surface area contributed by atoms with Gasteiger partial charge in [0.2, 0.25) is 0 Å². The first-order chi connectivity index (χ1) is 8.85. The van der Waals surface area contributed by atoms with Crippen LogP contribution >= 0.6 is 0 Å². The molecule has 0 aliphatic carbocycles. The van der Waals surface area contributed by atoms with Gasteiger partial charge in [0, 0.05) is 18.2 Å². The van der Waals surface area contributed by atoms with E-state index in [4.69, 9.17) is 0 Å². The zero-order valence-electron chi connectivity index (χ0n) is 10.2. The molecule has 0 amide bonds. The van der Waals surface area contributed by atoms with Crippen LogP contribution in [0.3, 0.4) is 0 Å². The smallest absolute Gasteiger partial charge is 0.379 e. The van der Waals surface area contributed by atoms with Gasteiger partial charge in [0.05, 0.1) is 11.5 Å². The highest BCUT2D eigenvalue weighted by Crippen LogP contribution is 2.29. The van der Waals surface area contributed by atoms with Gasteiger partial charge in [0.15, 0.2) is 0 Å². The molecule has 8 heteroatoms. The van der Waals surface area contributed by atoms with Gasteiger partial charge in [-0.1, -0.05) is 12.1 Å². The minimum atomic E-state index is -4.42. The molecular weight excluding hydrogens is 265 g/mol. The Balaban J connectivity index is 2.87. The second-order valence-electron chi connectivity index (χ2n) is 3.71. The molecule has 1 N–H and O–H groups in total. The van der Waals surface area contributed by atoms with Gasteiger partial charge in [-0.25, -0.2) is 0 Å². The molecule has 0 unspecified atom stereocenters. The molecule has 5 nitrogen and oxygen atoms in total. The van der Waals surface area contributed by atoms with Crippen molar-refractivity contribution in [2.75, 3.05) is 18.5 Å². The first kappa shape index (κ1) is 15.2. The van der Waals surface area contributed by atoms with Crippen molar-refractivity contribution in [3.63, 3.8) is 0 Å². The monoisotopic (exact) mass is 278 g/mol. The van der Waals surface area contributed by atoms with Gasteiger partial charge >= 0.3 is 6.18 Å². The van der Waals surface area contributed by atoms with Gasteiger partial charge in [-0.3, -0.25) is 10.1 Å². The average Bonchev–Trinajstić information content (AvgIpc) is 2.29. The van der Waals surface area contributed by atoms with Crippen LogP contribution < -0.4 is 5.32 Å². The van der Waals surface area contributed by atoms with Crippen LogP contribution in [0.25, 0.3) is 0 Å². The van der Waals surface area contributed by atoms with E-state index in [1.165, 1.54) is 18.2 Å². The van der Waals surface area contributed by atoms with Crippen LogP contribution in [0.2, 0.25) is 0 Å². The number of rotatable bonds is 6. The topological polar surface area (TPSA) is 64.4 Å². The molecule has 1 rings (SSSR count). The summed E-state index contributed by atoms with van der Waals surface area (Å²) in [6.45, 7) is 0.416. The molecule has 0 saturated carbocycles. The highest BCUT2D eigenvalue weighted by Gasteiger charge is 2.27. The van der Waals surface area contributed by atoms with Crippen LogP contribution in [0.5, 0.6) is 0 Å². The lowest BCUT2D eigenvalue weighted by Gasteiger charge is -2.12. The van der Waals surface area contributed by atoms with Crippen molar-refractivity contribution in [1.82, 2.24) is 0 Å². The second-order valence-corrected chi connectivity index (χ2v) is 3.71. The fourth-order valence-electron chi connectivity index (χ4n) is 1.52. The van der Waals surface area contributed by atoms with E-state index in [2.05, 4.69) is 10.1 Å². The predicted molar refractivity (Wildman–Crippen MR) is 63.0 cm³/mol. The van der Waals surface area contributed by atoms with E-state index in [1.807, 2.05) is 0 Å². The van der Waals surface area contributed by atoms with Gasteiger partial charge in [0.25, 0.3) is 5.69 Å². The summed E-state index contributed by atoms with van der Waals surface area (Å²) in [5, 5.41) is 13.6. The first-order valence-electron chi connectivity index (χ1n) is 5.49. The molecule has 0 fully saturated rings. The summed E-state index contributed by atoms with van der Waals surface area (Å²) in [5.74, 6) is 0. The van der Waals surface area contributed by atoms with Crippen molar-refractivity contribution in [3.8, 4) is 0 Å². The predicted octanol–water partition coefficient (Wildman–Crippen LogP) is 3.11. The molecule has 0 aromatic heterocycles. The lowest BCUT2D eigenvalue weighted by Crippen LogP contribution is -2.17. The highest BCUT2D eigenvalue weighted by molar-refractivity contribution is 5.66. The standard InChI is InChI=1S/C11H13F3N2O3/c1-2-15-10-8(6-19-7-11(12,13)14)4-3-5-9(10)16(17)18/h3-5,15H,2,6-7H2,1H3. The summed E-state index contributed by atoms with van der Waals surface area (Å²) in [5.41, 5.74) is 0.326. The van der Waals surface area contributed by atoms with Crippen LogP contribution in [0, 0.1) is 10.1 Å². The van der Waals surface area contributed by atoms with E-state index in [0.717, 1.165) is 0 Å². The summed E-state index contributed by atoms with van der Waals surface area (Å²) in [4.78, 5) is 10.2. The van der Waals surface area contributed by atoms with Crippen LogP contribution in [0.4, 0.5) is 24.5 Å². The highest BCUT2D eigenvalue weighted by atomic mass is 19.4. The zero-order valence-corrected chi connectivity index (χ0v) is 10.2. The van der Waals surface area contributed by atoms with Crippen molar-refractivity contribution >= 4 is 11.4 Å². The Bertz CT molecular complexity index is 449. The number of ether oxygens (including phenoxy) is 1. The van der Waals surface area contributed by atoms with Gasteiger partial charge in [-0.2, -0.15) is 13.2 Å². The van der Waals surface area contributed by atoms with E-state index in [0.29, 0.717) is 12.1 Å². The Morgan fingerprint density at radius 3 is 2.63 bits per heavy atom. The maximum atomic E-state index is 12.0. The number of para-hydroxylation sites is 1. The number of anilines is 1. The summed E-state index contributed by atoms with van der Waals surface area (Å²) in [7, 11) is 0. The molecule has 19 heavy (non-hydrogen) atoms. The number of halogens is 3. The number of alkyl halides is 3. The Kier molecular flexibility index (Phi) is 5.11. The van der Waals surface area contributed by atoms with E-state index in [-0.39, 0.29) is 18.0 Å². The Morgan fingerprint density at radius 1 is 1.42 bits per heavy atom. The molecule has 0 spiro atoms. The molecule has 0 atom stereocenters. The lowest BCUT2D eigenvalue weighted by molar-refractivity contribution is -0.384. The minimum Gasteiger partial charge on any atom is -0.379 e. The SMILES string of the molecule is CCNc1c(COCC(F)(F)F)cccc1[N+](=O)[O-]. The van der Waals surface area contributed by atoms with E-state index < -0.39 is 17.7 Å². The number of hydrogen-bond donors (Lipinski definition) is 1. The number of hydrogen-bond acceptors (Lipinski definition) is 4. The van der Waals surface area contributed by atoms with Gasteiger partial charge in [-0.05, 0) is 6.92 Å². The van der Waals surface area contributed by atoms with E-state index in [1.54, 1.807) is 6.92 Å². The first-order valence-corrected chi connectivity index (χ1v) is 5.49. The molecular formula is C11H13F3N2O3. The van der Waals surface area contributed by atoms with E-state index in [9.17, 15) is 23.3 Å². The summed E-state index contributed by atoms with van der Waals surface area (Å²) < 4.78 is 40.4. The molecule has 106 valence electrons. The number of benzene rings is 1. The van der Waals surface area contributed by atoms with Crippen LogP contribution in [0.1, 0.15) is 12.5 Å². The van der Waals surface area contributed by atoms with Crippen molar-refractivity contribution < 1.29 is 22.8 Å². The summed E-state index contributed by atoms with van der Waals surface area (Å²) in [6, 6.07) is 4.18. The van der Waals surface area contributed by atoms with Crippen molar-refractivity contribution in [2.24, 2.45) is 0 Å². The molecule has 0 aliphatic rings. The molecule has 0 bridgehead atoms. The van der Waals surface area contributed by atoms with Crippen LogP contribution in [-0.4, -0.2) is 24.3 Å². The van der Waals surface area contributed by atoms with Gasteiger partial charge in [-0.15, -0.1) is 0 Å². The Labute approximate surface area is 107 Å². The average molecular weight is 278 g/mol. The second kappa shape index (κ2) is 6.37. The number of nitrogens with zero attached hydrogens (tertiary/aromatic N) is 1. The van der Waals surface area contributed by atoms with Crippen molar-refractivity contribution in [2.45, 2.75) is 19.7 Å². The number of nitro groups is 1. The van der Waals surface area contributed by atoms with E-state index >= 15 is 0 Å². The largest absolute Gasteiger partial charge is 0.411 e. The Morgan fingerprint density at radius 2 is 2.11 bits per heavy atom. The van der Waals surface area contributed by atoms with Crippen molar-refractivity contribution in [1.29, 1.82) is 0 Å². The molecule has 1 aromatic rings. The normalized spacial score (nSPS) is 11.4. The molecule has 1 aromatic carbocycles. The Hall–Kier alpha value is -1.83. The number of nitrogens with one attached hydrogen (secondary N) is 1. The molecule has 0 saturated heterocycles. The van der Waals surface area contributed by atoms with Crippen LogP contribution in [0.15, 0.2) is 18.2 Å². The van der Waals surface area contributed by atoms with Crippen LogP contribution in [-0.2, 0) is 11.3 Å². The third-order valence-electron chi connectivity index (χ3n) is 2.20. The zero-order chi connectivity index (χ0) is 14.5. The number of nitro benzene ring substituents is 1. The molecule has 0 radical (unpaired) electrons. The maximum Gasteiger partial charge on any atom is 0.411 e. The fourth-order valence-corrected chi connectivity index (χ4v) is 1.52. The van der Waals surface area contributed by atoms with Gasteiger partial charge in [0.1, 0.15) is 12.3 Å².